The van der Waals surface area contributed by atoms with Gasteiger partial charge >= 0.3 is 0 Å². The van der Waals surface area contributed by atoms with Crippen molar-refractivity contribution in [2.75, 3.05) is 26.2 Å². The molecule has 5 heteroatoms. The van der Waals surface area contributed by atoms with Crippen molar-refractivity contribution in [3.8, 4) is 0 Å². The number of halogens is 1. The molecule has 0 spiro atoms. The molecule has 1 unspecified atom stereocenters. The summed E-state index contributed by atoms with van der Waals surface area (Å²) in [5, 5.41) is 0. The van der Waals surface area contributed by atoms with Crippen LogP contribution in [0.2, 0.25) is 0 Å². The number of rotatable bonds is 1. The molecule has 18 heavy (non-hydrogen) atoms. The minimum absolute atomic E-state index is 0.0841. The van der Waals surface area contributed by atoms with Gasteiger partial charge in [0, 0.05) is 25.7 Å². The van der Waals surface area contributed by atoms with E-state index in [1.165, 1.54) is 25.8 Å². The molecule has 0 saturated carbocycles. The number of hydrogen-bond donors (Lipinski definition) is 0. The van der Waals surface area contributed by atoms with E-state index in [9.17, 15) is 4.79 Å². The molecule has 0 aliphatic carbocycles. The van der Waals surface area contributed by atoms with Gasteiger partial charge in [-0.3, -0.25) is 9.69 Å². The highest BCUT2D eigenvalue weighted by Gasteiger charge is 2.32. The Hall–Kier alpha value is -0.810. The van der Waals surface area contributed by atoms with Crippen molar-refractivity contribution in [1.29, 1.82) is 0 Å². The molecule has 0 N–H and O–H groups in total. The molecule has 98 valence electrons. The van der Waals surface area contributed by atoms with Gasteiger partial charge in [0.05, 0.1) is 11.8 Å². The molecular formula is C13H17BrN2O2. The van der Waals surface area contributed by atoms with Crippen molar-refractivity contribution in [3.05, 3.63) is 22.6 Å². The topological polar surface area (TPSA) is 36.7 Å². The van der Waals surface area contributed by atoms with E-state index < -0.39 is 0 Å². The number of piperazine rings is 1. The predicted molar refractivity (Wildman–Crippen MR) is 71.5 cm³/mol. The van der Waals surface area contributed by atoms with Crippen LogP contribution >= 0.6 is 15.9 Å². The third-order valence-electron chi connectivity index (χ3n) is 3.97. The molecule has 0 bridgehead atoms. The summed E-state index contributed by atoms with van der Waals surface area (Å²) in [6, 6.07) is 2.29. The van der Waals surface area contributed by atoms with Gasteiger partial charge in [0.1, 0.15) is 0 Å². The Bertz CT molecular complexity index is 446. The lowest BCUT2D eigenvalue weighted by molar-refractivity contribution is 0.0371. The first-order chi connectivity index (χ1) is 8.75. The Morgan fingerprint density at radius 1 is 1.33 bits per heavy atom. The molecule has 4 nitrogen and oxygen atoms in total. The summed E-state index contributed by atoms with van der Waals surface area (Å²) in [6.07, 6.45) is 5.36. The number of carbonyl (C=O) groups is 1. The van der Waals surface area contributed by atoms with Gasteiger partial charge in [-0.25, -0.2) is 0 Å². The van der Waals surface area contributed by atoms with Crippen LogP contribution in [0, 0.1) is 0 Å². The van der Waals surface area contributed by atoms with E-state index in [4.69, 9.17) is 4.42 Å². The van der Waals surface area contributed by atoms with Gasteiger partial charge in [-0.15, -0.1) is 0 Å². The van der Waals surface area contributed by atoms with Crippen LogP contribution < -0.4 is 0 Å². The average Bonchev–Trinajstić information content (AvgIpc) is 2.83. The van der Waals surface area contributed by atoms with Crippen LogP contribution in [-0.4, -0.2) is 47.9 Å². The van der Waals surface area contributed by atoms with Gasteiger partial charge in [0.25, 0.3) is 5.91 Å². The highest BCUT2D eigenvalue weighted by molar-refractivity contribution is 9.10. The monoisotopic (exact) mass is 312 g/mol. The van der Waals surface area contributed by atoms with Crippen LogP contribution in [0.25, 0.3) is 0 Å². The highest BCUT2D eigenvalue weighted by Crippen LogP contribution is 2.24. The van der Waals surface area contributed by atoms with E-state index in [1.807, 2.05) is 4.90 Å². The molecule has 1 amide bonds. The maximum absolute atomic E-state index is 12.4. The number of amides is 1. The van der Waals surface area contributed by atoms with Gasteiger partial charge in [0.2, 0.25) is 0 Å². The average molecular weight is 313 g/mol. The number of carbonyl (C=O) groups excluding carboxylic acids is 1. The zero-order chi connectivity index (χ0) is 12.5. The van der Waals surface area contributed by atoms with E-state index in [0.29, 0.717) is 16.3 Å². The third kappa shape index (κ3) is 2.21. The third-order valence-corrected chi connectivity index (χ3v) is 4.59. The quantitative estimate of drug-likeness (QED) is 0.798. The largest absolute Gasteiger partial charge is 0.457 e. The molecule has 3 heterocycles. The summed E-state index contributed by atoms with van der Waals surface area (Å²) < 4.78 is 5.68. The first-order valence-corrected chi connectivity index (χ1v) is 7.31. The predicted octanol–water partition coefficient (Wildman–Crippen LogP) is 2.35. The minimum Gasteiger partial charge on any atom is -0.457 e. The van der Waals surface area contributed by atoms with E-state index in [-0.39, 0.29) is 5.91 Å². The first-order valence-electron chi connectivity index (χ1n) is 6.52. The van der Waals surface area contributed by atoms with Crippen LogP contribution in [0.5, 0.6) is 0 Å². The van der Waals surface area contributed by atoms with Gasteiger partial charge in [-0.05, 0) is 41.4 Å². The van der Waals surface area contributed by atoms with Crippen LogP contribution in [0.1, 0.15) is 29.6 Å². The molecule has 1 atom stereocenters. The lowest BCUT2D eigenvalue weighted by atomic mass is 9.99. The molecule has 2 aliphatic heterocycles. The molecule has 2 aliphatic rings. The van der Waals surface area contributed by atoms with Crippen LogP contribution in [0.4, 0.5) is 0 Å². The fraction of sp³-hybridized carbons (Fsp3) is 0.615. The van der Waals surface area contributed by atoms with Crippen molar-refractivity contribution in [1.82, 2.24) is 9.80 Å². The molecule has 2 saturated heterocycles. The second kappa shape index (κ2) is 5.05. The summed E-state index contributed by atoms with van der Waals surface area (Å²) in [4.78, 5) is 16.9. The number of nitrogens with zero attached hydrogens (tertiary/aromatic N) is 2. The fourth-order valence-corrected chi connectivity index (χ4v) is 3.37. The van der Waals surface area contributed by atoms with E-state index in [2.05, 4.69) is 20.8 Å². The summed E-state index contributed by atoms with van der Waals surface area (Å²) >= 11 is 3.28. The van der Waals surface area contributed by atoms with Crippen molar-refractivity contribution in [2.45, 2.75) is 25.3 Å². The number of furan rings is 1. The molecule has 2 fully saturated rings. The lowest BCUT2D eigenvalue weighted by Gasteiger charge is -2.43. The van der Waals surface area contributed by atoms with Gasteiger partial charge < -0.3 is 9.32 Å². The Balaban J connectivity index is 1.70. The van der Waals surface area contributed by atoms with Gasteiger partial charge in [-0.1, -0.05) is 6.42 Å². The molecule has 1 aromatic heterocycles. The van der Waals surface area contributed by atoms with Crippen molar-refractivity contribution < 1.29 is 9.21 Å². The fourth-order valence-electron chi connectivity index (χ4n) is 2.96. The molecule has 0 aromatic carbocycles. The van der Waals surface area contributed by atoms with Gasteiger partial charge in [-0.2, -0.15) is 0 Å². The molecular weight excluding hydrogens is 296 g/mol. The summed E-state index contributed by atoms with van der Waals surface area (Å²) in [5.41, 5.74) is 0.638. The second-order valence-electron chi connectivity index (χ2n) is 5.04. The Morgan fingerprint density at radius 2 is 2.22 bits per heavy atom. The van der Waals surface area contributed by atoms with Crippen LogP contribution in [-0.2, 0) is 0 Å². The molecule has 1 aromatic rings. The molecule has 3 rings (SSSR count). The maximum atomic E-state index is 12.4. The number of piperidine rings is 1. The van der Waals surface area contributed by atoms with Crippen molar-refractivity contribution in [3.63, 3.8) is 0 Å². The Kier molecular flexibility index (Phi) is 3.43. The second-order valence-corrected chi connectivity index (χ2v) is 5.76. The maximum Gasteiger partial charge on any atom is 0.258 e. The summed E-state index contributed by atoms with van der Waals surface area (Å²) in [7, 11) is 0. The van der Waals surface area contributed by atoms with E-state index in [0.717, 1.165) is 19.6 Å². The lowest BCUT2D eigenvalue weighted by Crippen LogP contribution is -2.56. The van der Waals surface area contributed by atoms with Crippen LogP contribution in [0.15, 0.2) is 21.4 Å². The summed E-state index contributed by atoms with van der Waals surface area (Å²) in [5.74, 6) is 0.0841. The number of fused-ring (bicyclic) bond motifs is 1. The van der Waals surface area contributed by atoms with Crippen LogP contribution in [0.3, 0.4) is 0 Å². The Morgan fingerprint density at radius 3 is 3.00 bits per heavy atom. The highest BCUT2D eigenvalue weighted by atomic mass is 79.9. The molecule has 0 radical (unpaired) electrons. The zero-order valence-electron chi connectivity index (χ0n) is 10.3. The van der Waals surface area contributed by atoms with E-state index >= 15 is 0 Å². The zero-order valence-corrected chi connectivity index (χ0v) is 11.9. The van der Waals surface area contributed by atoms with Gasteiger partial charge in [0.15, 0.2) is 4.67 Å². The normalized spacial score (nSPS) is 24.9. The number of hydrogen-bond acceptors (Lipinski definition) is 3. The minimum atomic E-state index is 0.0841. The summed E-state index contributed by atoms with van der Waals surface area (Å²) in [6.45, 7) is 3.89. The van der Waals surface area contributed by atoms with Crippen molar-refractivity contribution in [2.24, 2.45) is 0 Å². The standard InChI is InChI=1S/C13H17BrN2O2/c14-12-11(4-8-18-12)13(17)16-7-6-15-5-2-1-3-10(15)9-16/h4,8,10H,1-3,5-7,9H2. The van der Waals surface area contributed by atoms with Crippen molar-refractivity contribution >= 4 is 21.8 Å². The Labute approximate surface area is 115 Å². The SMILES string of the molecule is O=C(c1ccoc1Br)N1CCN2CCCCC2C1. The first kappa shape index (κ1) is 12.2. The smallest absolute Gasteiger partial charge is 0.258 e. The van der Waals surface area contributed by atoms with E-state index in [1.54, 1.807) is 12.3 Å².